The van der Waals surface area contributed by atoms with Crippen molar-refractivity contribution in [3.05, 3.63) is 35.4 Å². The molecule has 0 radical (unpaired) electrons. The van der Waals surface area contributed by atoms with E-state index in [9.17, 15) is 4.79 Å². The molecule has 1 atom stereocenters. The van der Waals surface area contributed by atoms with Crippen molar-refractivity contribution in [2.24, 2.45) is 5.92 Å². The lowest BCUT2D eigenvalue weighted by atomic mass is 9.88. The monoisotopic (exact) mass is 261 g/mol. The second-order valence-electron chi connectivity index (χ2n) is 5.76. The lowest BCUT2D eigenvalue weighted by Crippen LogP contribution is -2.29. The van der Waals surface area contributed by atoms with Crippen LogP contribution in [0.2, 0.25) is 0 Å². The van der Waals surface area contributed by atoms with Crippen LogP contribution in [0.15, 0.2) is 24.3 Å². The summed E-state index contributed by atoms with van der Waals surface area (Å²) < 4.78 is 0. The van der Waals surface area contributed by atoms with Crippen LogP contribution in [-0.2, 0) is 11.2 Å². The summed E-state index contributed by atoms with van der Waals surface area (Å²) in [5.74, 6) is -0.365. The Hall–Kier alpha value is -1.35. The van der Waals surface area contributed by atoms with Gasteiger partial charge in [0, 0.05) is 0 Å². The molecule has 1 aromatic carbocycles. The molecule has 1 N–H and O–H groups in total. The number of carbonyl (C=O) groups is 1. The normalized spacial score (nSPS) is 19.3. The first-order chi connectivity index (χ1) is 9.06. The average molecular weight is 261 g/mol. The summed E-state index contributed by atoms with van der Waals surface area (Å²) in [4.78, 5) is 13.2. The Morgan fingerprint density at radius 1 is 1.32 bits per heavy atom. The number of nitrogens with zero attached hydrogens (tertiary/aromatic N) is 1. The summed E-state index contributed by atoms with van der Waals surface area (Å²) in [7, 11) is 2.17. The third-order valence-electron chi connectivity index (χ3n) is 4.13. The first kappa shape index (κ1) is 14.1. The van der Waals surface area contributed by atoms with Gasteiger partial charge in [0.1, 0.15) is 0 Å². The van der Waals surface area contributed by atoms with Gasteiger partial charge in [-0.05, 0) is 56.4 Å². The van der Waals surface area contributed by atoms with E-state index in [1.165, 1.54) is 31.5 Å². The van der Waals surface area contributed by atoms with Crippen molar-refractivity contribution in [2.45, 2.75) is 32.1 Å². The Kier molecular flexibility index (Phi) is 4.59. The molecule has 1 aliphatic heterocycles. The molecule has 1 aliphatic rings. The molecular weight excluding hydrogens is 238 g/mol. The molecule has 0 spiro atoms. The van der Waals surface area contributed by atoms with E-state index in [0.29, 0.717) is 12.3 Å². The number of hydrogen-bond donors (Lipinski definition) is 1. The molecule has 0 saturated carbocycles. The molecule has 3 nitrogen and oxygen atoms in total. The van der Waals surface area contributed by atoms with Crippen molar-refractivity contribution in [2.75, 3.05) is 20.1 Å². The van der Waals surface area contributed by atoms with Crippen LogP contribution in [0.4, 0.5) is 0 Å². The number of likely N-dealkylation sites (tertiary alicyclic amines) is 1. The zero-order chi connectivity index (χ0) is 13.8. The zero-order valence-electron chi connectivity index (χ0n) is 11.8. The molecule has 19 heavy (non-hydrogen) atoms. The van der Waals surface area contributed by atoms with Crippen LogP contribution in [0.25, 0.3) is 0 Å². The smallest absolute Gasteiger partial charge is 0.306 e. The van der Waals surface area contributed by atoms with Crippen LogP contribution in [0.5, 0.6) is 0 Å². The van der Waals surface area contributed by atoms with E-state index in [1.54, 1.807) is 6.92 Å². The van der Waals surface area contributed by atoms with Gasteiger partial charge in [-0.25, -0.2) is 0 Å². The summed E-state index contributed by atoms with van der Waals surface area (Å²) in [5.41, 5.74) is 2.52. The van der Waals surface area contributed by atoms with Crippen molar-refractivity contribution >= 4 is 5.97 Å². The third kappa shape index (κ3) is 3.80. The molecule has 1 aromatic rings. The largest absolute Gasteiger partial charge is 0.481 e. The molecule has 0 amide bonds. The van der Waals surface area contributed by atoms with Crippen LogP contribution >= 0.6 is 0 Å². The summed E-state index contributed by atoms with van der Waals surface area (Å²) in [5, 5.41) is 8.92. The summed E-state index contributed by atoms with van der Waals surface area (Å²) in [6, 6.07) is 8.54. The lowest BCUT2D eigenvalue weighted by molar-refractivity contribution is -0.141. The van der Waals surface area contributed by atoms with Gasteiger partial charge in [-0.15, -0.1) is 0 Å². The number of benzene rings is 1. The van der Waals surface area contributed by atoms with Gasteiger partial charge in [0.05, 0.1) is 5.92 Å². The fourth-order valence-electron chi connectivity index (χ4n) is 2.71. The summed E-state index contributed by atoms with van der Waals surface area (Å²) >= 11 is 0. The standard InChI is InChI=1S/C16H23NO2/c1-12(16(18)19)11-13-3-5-14(6-4-13)15-7-9-17(2)10-8-15/h3-6,12,15H,7-11H2,1-2H3,(H,18,19). The van der Waals surface area contributed by atoms with E-state index in [-0.39, 0.29) is 5.92 Å². The highest BCUT2D eigenvalue weighted by atomic mass is 16.4. The summed E-state index contributed by atoms with van der Waals surface area (Å²) in [6.07, 6.45) is 3.06. The Bertz CT molecular complexity index is 419. The van der Waals surface area contributed by atoms with Gasteiger partial charge in [-0.1, -0.05) is 31.2 Å². The van der Waals surface area contributed by atoms with Gasteiger partial charge in [0.15, 0.2) is 0 Å². The van der Waals surface area contributed by atoms with Gasteiger partial charge >= 0.3 is 5.97 Å². The van der Waals surface area contributed by atoms with Gasteiger partial charge in [0.25, 0.3) is 0 Å². The second-order valence-corrected chi connectivity index (χ2v) is 5.76. The second kappa shape index (κ2) is 6.20. The maximum atomic E-state index is 10.8. The van der Waals surface area contributed by atoms with E-state index < -0.39 is 5.97 Å². The predicted octanol–water partition coefficient (Wildman–Crippen LogP) is 2.76. The maximum Gasteiger partial charge on any atom is 0.306 e. The van der Waals surface area contributed by atoms with E-state index in [4.69, 9.17) is 5.11 Å². The number of rotatable bonds is 4. The van der Waals surface area contributed by atoms with Crippen molar-refractivity contribution in [1.82, 2.24) is 4.90 Å². The maximum absolute atomic E-state index is 10.8. The minimum Gasteiger partial charge on any atom is -0.481 e. The number of piperidine rings is 1. The van der Waals surface area contributed by atoms with Gasteiger partial charge < -0.3 is 10.0 Å². The third-order valence-corrected chi connectivity index (χ3v) is 4.13. The predicted molar refractivity (Wildman–Crippen MR) is 76.4 cm³/mol. The van der Waals surface area contributed by atoms with E-state index in [2.05, 4.69) is 36.2 Å². The number of carboxylic acid groups (broad SMARTS) is 1. The molecular formula is C16H23NO2. The van der Waals surface area contributed by atoms with Gasteiger partial charge in [-0.3, -0.25) is 4.79 Å². The molecule has 0 aliphatic carbocycles. The Labute approximate surface area is 115 Å². The molecule has 1 fully saturated rings. The van der Waals surface area contributed by atoms with Gasteiger partial charge in [-0.2, -0.15) is 0 Å². The van der Waals surface area contributed by atoms with Crippen LogP contribution in [0.1, 0.15) is 36.8 Å². The van der Waals surface area contributed by atoms with Crippen molar-refractivity contribution < 1.29 is 9.90 Å². The Balaban J connectivity index is 1.96. The van der Waals surface area contributed by atoms with Crippen LogP contribution < -0.4 is 0 Å². The number of carboxylic acids is 1. The zero-order valence-corrected chi connectivity index (χ0v) is 11.8. The topological polar surface area (TPSA) is 40.5 Å². The van der Waals surface area contributed by atoms with Crippen molar-refractivity contribution in [1.29, 1.82) is 0 Å². The highest BCUT2D eigenvalue weighted by Crippen LogP contribution is 2.27. The van der Waals surface area contributed by atoms with Crippen molar-refractivity contribution in [3.63, 3.8) is 0 Å². The first-order valence-corrected chi connectivity index (χ1v) is 7.06. The summed E-state index contributed by atoms with van der Waals surface area (Å²) in [6.45, 7) is 4.10. The quantitative estimate of drug-likeness (QED) is 0.906. The number of hydrogen-bond acceptors (Lipinski definition) is 2. The highest BCUT2D eigenvalue weighted by Gasteiger charge is 2.18. The molecule has 2 rings (SSSR count). The van der Waals surface area contributed by atoms with Crippen LogP contribution in [-0.4, -0.2) is 36.1 Å². The first-order valence-electron chi connectivity index (χ1n) is 7.06. The van der Waals surface area contributed by atoms with E-state index in [0.717, 1.165) is 5.56 Å². The Morgan fingerprint density at radius 2 is 1.89 bits per heavy atom. The fraction of sp³-hybridized carbons (Fsp3) is 0.562. The molecule has 104 valence electrons. The van der Waals surface area contributed by atoms with Crippen LogP contribution in [0.3, 0.4) is 0 Å². The minimum atomic E-state index is -0.723. The minimum absolute atomic E-state index is 0.311. The molecule has 1 unspecified atom stereocenters. The SMILES string of the molecule is CC(Cc1ccc(C2CCN(C)CC2)cc1)C(=O)O. The molecule has 0 aromatic heterocycles. The van der Waals surface area contributed by atoms with E-state index in [1.807, 2.05) is 0 Å². The lowest BCUT2D eigenvalue weighted by Gasteiger charge is -2.29. The van der Waals surface area contributed by atoms with Gasteiger partial charge in [0.2, 0.25) is 0 Å². The molecule has 3 heteroatoms. The highest BCUT2D eigenvalue weighted by molar-refractivity contribution is 5.69. The van der Waals surface area contributed by atoms with E-state index >= 15 is 0 Å². The average Bonchev–Trinajstić information content (AvgIpc) is 2.40. The van der Waals surface area contributed by atoms with Crippen LogP contribution in [0, 0.1) is 5.92 Å². The number of aliphatic carboxylic acids is 1. The van der Waals surface area contributed by atoms with Crippen molar-refractivity contribution in [3.8, 4) is 0 Å². The molecule has 1 heterocycles. The Morgan fingerprint density at radius 3 is 2.42 bits per heavy atom. The molecule has 1 saturated heterocycles. The molecule has 0 bridgehead atoms. The fourth-order valence-corrected chi connectivity index (χ4v) is 2.71.